The number of rotatable bonds is 1. The summed E-state index contributed by atoms with van der Waals surface area (Å²) in [4.78, 5) is 23.9. The van der Waals surface area contributed by atoms with Crippen LogP contribution in [0.5, 0.6) is 0 Å². The average Bonchev–Trinajstić information content (AvgIpc) is 2.67. The fraction of sp³-hybridized carbons (Fsp3) is 0.143. The van der Waals surface area contributed by atoms with E-state index in [2.05, 4.69) is 4.74 Å². The number of methoxy groups -OCH3 is 1. The molecule has 0 radical (unpaired) electrons. The summed E-state index contributed by atoms with van der Waals surface area (Å²) in [6.07, 6.45) is 0. The second kappa shape index (κ2) is 4.29. The van der Waals surface area contributed by atoms with E-state index in [0.717, 1.165) is 7.11 Å². The van der Waals surface area contributed by atoms with E-state index in [4.69, 9.17) is 0 Å². The Morgan fingerprint density at radius 2 is 1.90 bits per heavy atom. The summed E-state index contributed by atoms with van der Waals surface area (Å²) in [6, 6.07) is 8.25. The van der Waals surface area contributed by atoms with Gasteiger partial charge in [-0.15, -0.1) is 0 Å². The van der Waals surface area contributed by atoms with Crippen LogP contribution >= 0.6 is 0 Å². The summed E-state index contributed by atoms with van der Waals surface area (Å²) >= 11 is 0. The Kier molecular flexibility index (Phi) is 2.77. The van der Waals surface area contributed by atoms with Crippen LogP contribution in [0.2, 0.25) is 0 Å². The van der Waals surface area contributed by atoms with E-state index in [0.29, 0.717) is 15.1 Å². The number of carbonyl (C=O) groups excluding carboxylic acids is 2. The average molecular weight is 305 g/mol. The van der Waals surface area contributed by atoms with Crippen LogP contribution in [0.4, 0.5) is 0 Å². The van der Waals surface area contributed by atoms with Gasteiger partial charge in [0, 0.05) is 7.05 Å². The summed E-state index contributed by atoms with van der Waals surface area (Å²) in [5.74, 6) is -1.43. The molecule has 0 aromatic heterocycles. The number of sulfonamides is 1. The highest BCUT2D eigenvalue weighted by atomic mass is 32.2. The lowest BCUT2D eigenvalue weighted by atomic mass is 10.00. The molecule has 0 saturated heterocycles. The molecule has 1 aliphatic rings. The molecular weight excluding hydrogens is 294 g/mol. The fourth-order valence-electron chi connectivity index (χ4n) is 2.47. The zero-order valence-electron chi connectivity index (χ0n) is 11.3. The van der Waals surface area contributed by atoms with Gasteiger partial charge in [0.25, 0.3) is 15.9 Å². The van der Waals surface area contributed by atoms with Crippen molar-refractivity contribution in [1.82, 2.24) is 4.31 Å². The Morgan fingerprint density at radius 1 is 1.24 bits per heavy atom. The van der Waals surface area contributed by atoms with Crippen LogP contribution in [0.3, 0.4) is 0 Å². The number of benzene rings is 2. The van der Waals surface area contributed by atoms with Gasteiger partial charge in [-0.1, -0.05) is 24.3 Å². The molecule has 2 aromatic rings. The summed E-state index contributed by atoms with van der Waals surface area (Å²) in [6.45, 7) is 0. The van der Waals surface area contributed by atoms with Gasteiger partial charge in [0.2, 0.25) is 0 Å². The number of nitrogens with zero attached hydrogens (tertiary/aromatic N) is 1. The van der Waals surface area contributed by atoms with Gasteiger partial charge < -0.3 is 4.74 Å². The first kappa shape index (κ1) is 13.6. The van der Waals surface area contributed by atoms with Crippen LogP contribution in [0, 0.1) is 0 Å². The molecule has 2 aromatic carbocycles. The van der Waals surface area contributed by atoms with Crippen LogP contribution < -0.4 is 0 Å². The van der Waals surface area contributed by atoms with Crippen molar-refractivity contribution in [3.63, 3.8) is 0 Å². The number of hydrogen-bond acceptors (Lipinski definition) is 5. The zero-order chi connectivity index (χ0) is 15.4. The lowest BCUT2D eigenvalue weighted by molar-refractivity contribution is 0.0596. The molecular formula is C14H11NO5S. The van der Waals surface area contributed by atoms with E-state index in [1.54, 1.807) is 24.3 Å². The molecule has 3 rings (SSSR count). The van der Waals surface area contributed by atoms with Gasteiger partial charge in [-0.2, -0.15) is 0 Å². The third kappa shape index (κ3) is 1.67. The van der Waals surface area contributed by atoms with E-state index < -0.39 is 21.9 Å². The third-order valence-corrected chi connectivity index (χ3v) is 5.35. The summed E-state index contributed by atoms with van der Waals surface area (Å²) in [5.41, 5.74) is -0.0973. The molecule has 0 spiro atoms. The first-order chi connectivity index (χ1) is 9.89. The van der Waals surface area contributed by atoms with Crippen molar-refractivity contribution < 1.29 is 22.7 Å². The molecule has 1 amide bonds. The van der Waals surface area contributed by atoms with Crippen molar-refractivity contribution in [2.45, 2.75) is 4.90 Å². The van der Waals surface area contributed by atoms with Crippen LogP contribution in [-0.2, 0) is 14.8 Å². The molecule has 0 unspecified atom stereocenters. The Labute approximate surface area is 121 Å². The molecule has 0 saturated carbocycles. The number of carbonyl (C=O) groups is 2. The van der Waals surface area contributed by atoms with Crippen molar-refractivity contribution in [2.75, 3.05) is 14.2 Å². The van der Waals surface area contributed by atoms with E-state index in [1.165, 1.54) is 13.1 Å². The van der Waals surface area contributed by atoms with Gasteiger partial charge in [-0.3, -0.25) is 4.79 Å². The minimum Gasteiger partial charge on any atom is -0.465 e. The van der Waals surface area contributed by atoms with Crippen molar-refractivity contribution in [3.8, 4) is 0 Å². The smallest absolute Gasteiger partial charge is 0.339 e. The molecule has 0 N–H and O–H groups in total. The molecule has 1 aliphatic heterocycles. The number of esters is 1. The minimum atomic E-state index is -4.03. The van der Waals surface area contributed by atoms with Crippen molar-refractivity contribution >= 4 is 32.7 Å². The van der Waals surface area contributed by atoms with Gasteiger partial charge in [-0.05, 0) is 16.8 Å². The fourth-order valence-corrected chi connectivity index (χ4v) is 3.93. The highest BCUT2D eigenvalue weighted by Gasteiger charge is 2.43. The maximum atomic E-state index is 12.4. The van der Waals surface area contributed by atoms with Crippen LogP contribution in [0.25, 0.3) is 10.8 Å². The standard InChI is InChI=1S/C14H11NO5S/c1-15-13(16)11-9-6-4-3-5-8(9)7-10(14(17)20-2)12(11)21(15,18)19/h3-7H,1-2H3. The monoisotopic (exact) mass is 305 g/mol. The van der Waals surface area contributed by atoms with Crippen LogP contribution in [0.1, 0.15) is 20.7 Å². The van der Waals surface area contributed by atoms with Crippen molar-refractivity contribution in [3.05, 3.63) is 41.5 Å². The first-order valence-electron chi connectivity index (χ1n) is 6.07. The SMILES string of the molecule is COC(=O)c1cc2ccccc2c2c1S(=O)(=O)N(C)C2=O. The van der Waals surface area contributed by atoms with E-state index in [1.807, 2.05) is 0 Å². The van der Waals surface area contributed by atoms with Gasteiger partial charge >= 0.3 is 5.97 Å². The largest absolute Gasteiger partial charge is 0.465 e. The number of ether oxygens (including phenoxy) is 1. The highest BCUT2D eigenvalue weighted by Crippen LogP contribution is 2.37. The van der Waals surface area contributed by atoms with E-state index in [-0.39, 0.29) is 16.0 Å². The summed E-state index contributed by atoms with van der Waals surface area (Å²) < 4.78 is 30.0. The first-order valence-corrected chi connectivity index (χ1v) is 7.51. The zero-order valence-corrected chi connectivity index (χ0v) is 12.1. The lowest BCUT2D eigenvalue weighted by Crippen LogP contribution is -2.25. The lowest BCUT2D eigenvalue weighted by Gasteiger charge is -2.09. The van der Waals surface area contributed by atoms with Gasteiger partial charge in [-0.25, -0.2) is 17.5 Å². The molecule has 0 bridgehead atoms. The van der Waals surface area contributed by atoms with Gasteiger partial charge in [0.05, 0.1) is 18.2 Å². The number of amides is 1. The van der Waals surface area contributed by atoms with Gasteiger partial charge in [0.1, 0.15) is 4.90 Å². The van der Waals surface area contributed by atoms with Crippen LogP contribution in [0.15, 0.2) is 35.2 Å². The maximum absolute atomic E-state index is 12.4. The quantitative estimate of drug-likeness (QED) is 0.744. The topological polar surface area (TPSA) is 80.8 Å². The highest BCUT2D eigenvalue weighted by molar-refractivity contribution is 7.90. The normalized spacial score (nSPS) is 16.1. The van der Waals surface area contributed by atoms with Gasteiger partial charge in [0.15, 0.2) is 0 Å². The van der Waals surface area contributed by atoms with Crippen molar-refractivity contribution in [2.24, 2.45) is 0 Å². The third-order valence-electron chi connectivity index (χ3n) is 3.53. The molecule has 0 fully saturated rings. The molecule has 7 heteroatoms. The number of hydrogen-bond donors (Lipinski definition) is 0. The Hall–Kier alpha value is -2.41. The number of fused-ring (bicyclic) bond motifs is 3. The second-order valence-corrected chi connectivity index (χ2v) is 6.52. The Morgan fingerprint density at radius 3 is 2.57 bits per heavy atom. The molecule has 0 atom stereocenters. The van der Waals surface area contributed by atoms with Crippen LogP contribution in [-0.4, -0.2) is 38.8 Å². The second-order valence-electron chi connectivity index (χ2n) is 4.62. The summed E-state index contributed by atoms with van der Waals surface area (Å²) in [7, 11) is -1.69. The summed E-state index contributed by atoms with van der Waals surface area (Å²) in [5, 5.41) is 1.11. The Bertz CT molecular complexity index is 901. The van der Waals surface area contributed by atoms with E-state index in [9.17, 15) is 18.0 Å². The molecule has 0 aliphatic carbocycles. The predicted molar refractivity (Wildman–Crippen MR) is 74.6 cm³/mol. The molecule has 108 valence electrons. The predicted octanol–water partition coefficient (Wildman–Crippen LogP) is 1.40. The van der Waals surface area contributed by atoms with Crippen molar-refractivity contribution in [1.29, 1.82) is 0 Å². The molecule has 6 nitrogen and oxygen atoms in total. The minimum absolute atomic E-state index is 0.0241. The van der Waals surface area contributed by atoms with E-state index >= 15 is 0 Å². The molecule has 21 heavy (non-hydrogen) atoms. The molecule has 1 heterocycles. The Balaban J connectivity index is 2.56. The maximum Gasteiger partial charge on any atom is 0.339 e.